The molecule has 0 aliphatic carbocycles. The van der Waals surface area contributed by atoms with Crippen LogP contribution in [0.25, 0.3) is 10.8 Å². The molecule has 1 unspecified atom stereocenters. The van der Waals surface area contributed by atoms with Crippen molar-refractivity contribution in [2.75, 3.05) is 32.8 Å². The van der Waals surface area contributed by atoms with Gasteiger partial charge < -0.3 is 4.74 Å². The highest BCUT2D eigenvalue weighted by molar-refractivity contribution is 7.89. The van der Waals surface area contributed by atoms with Crippen molar-refractivity contribution in [3.8, 4) is 0 Å². The normalized spacial score (nSPS) is 16.7. The maximum Gasteiger partial charge on any atom is 0.241 e. The Bertz CT molecular complexity index is 1070. The molecule has 0 aromatic heterocycles. The number of nitrogens with one attached hydrogen (secondary N) is 1. The lowest BCUT2D eigenvalue weighted by Crippen LogP contribution is -2.43. The number of nitrogens with zero attached hydrogens (tertiary/aromatic N) is 1. The molecule has 6 heteroatoms. The van der Waals surface area contributed by atoms with Crippen molar-refractivity contribution < 1.29 is 13.2 Å². The molecule has 1 N–H and O–H groups in total. The Labute approximate surface area is 172 Å². The Morgan fingerprint density at radius 1 is 0.966 bits per heavy atom. The van der Waals surface area contributed by atoms with E-state index >= 15 is 0 Å². The molecule has 1 fully saturated rings. The topological polar surface area (TPSA) is 58.6 Å². The summed E-state index contributed by atoms with van der Waals surface area (Å²) in [5, 5.41) is 1.65. The highest BCUT2D eigenvalue weighted by atomic mass is 32.2. The minimum absolute atomic E-state index is 0.0377. The summed E-state index contributed by atoms with van der Waals surface area (Å²) in [4.78, 5) is 2.61. The van der Waals surface area contributed by atoms with E-state index in [4.69, 9.17) is 4.74 Å². The number of hydrogen-bond donors (Lipinski definition) is 1. The van der Waals surface area contributed by atoms with Crippen LogP contribution in [0.2, 0.25) is 0 Å². The predicted octanol–water partition coefficient (Wildman–Crippen LogP) is 3.50. The van der Waals surface area contributed by atoms with E-state index in [1.165, 1.54) is 5.56 Å². The third-order valence-corrected chi connectivity index (χ3v) is 6.94. The van der Waals surface area contributed by atoms with Crippen LogP contribution in [0.5, 0.6) is 0 Å². The van der Waals surface area contributed by atoms with Crippen LogP contribution in [0.15, 0.2) is 71.6 Å². The minimum Gasteiger partial charge on any atom is -0.379 e. The first kappa shape index (κ1) is 20.0. The zero-order chi connectivity index (χ0) is 20.3. The molecule has 4 rings (SSSR count). The first-order chi connectivity index (χ1) is 14.0. The molecule has 0 bridgehead atoms. The van der Waals surface area contributed by atoms with Crippen molar-refractivity contribution in [2.45, 2.75) is 17.9 Å². The summed E-state index contributed by atoms with van der Waals surface area (Å²) in [6.45, 7) is 5.27. The number of morpholine rings is 1. The fourth-order valence-corrected chi connectivity index (χ4v) is 5.10. The quantitative estimate of drug-likeness (QED) is 0.676. The van der Waals surface area contributed by atoms with Crippen molar-refractivity contribution in [1.29, 1.82) is 0 Å². The summed E-state index contributed by atoms with van der Waals surface area (Å²) >= 11 is 0. The Balaban J connectivity index is 1.61. The van der Waals surface area contributed by atoms with Gasteiger partial charge in [-0.05, 0) is 23.9 Å². The zero-order valence-corrected chi connectivity index (χ0v) is 17.4. The van der Waals surface area contributed by atoms with Crippen LogP contribution in [0.4, 0.5) is 0 Å². The van der Waals surface area contributed by atoms with Crippen molar-refractivity contribution in [3.63, 3.8) is 0 Å². The van der Waals surface area contributed by atoms with E-state index in [2.05, 4.69) is 40.8 Å². The molecule has 3 aromatic carbocycles. The molecule has 0 saturated carbocycles. The van der Waals surface area contributed by atoms with Gasteiger partial charge in [-0.1, -0.05) is 66.2 Å². The fraction of sp³-hybridized carbons (Fsp3) is 0.304. The Kier molecular flexibility index (Phi) is 5.96. The standard InChI is InChI=1S/C23H26N2O3S/c1-18-9-11-20(12-10-18)22(25-13-15-28-16-14-25)17-24-29(26,27)23-8-4-6-19-5-2-3-7-21(19)23/h2-12,22,24H,13-17H2,1H3. The van der Waals surface area contributed by atoms with Gasteiger partial charge in [0.25, 0.3) is 0 Å². The lowest BCUT2D eigenvalue weighted by atomic mass is 10.0. The third-order valence-electron chi connectivity index (χ3n) is 5.45. The van der Waals surface area contributed by atoms with Gasteiger partial charge in [-0.3, -0.25) is 4.90 Å². The lowest BCUT2D eigenvalue weighted by molar-refractivity contribution is 0.0172. The molecular weight excluding hydrogens is 384 g/mol. The van der Waals surface area contributed by atoms with Gasteiger partial charge in [-0.15, -0.1) is 0 Å². The van der Waals surface area contributed by atoms with Crippen molar-refractivity contribution in [1.82, 2.24) is 9.62 Å². The number of ether oxygens (including phenoxy) is 1. The highest BCUT2D eigenvalue weighted by Crippen LogP contribution is 2.25. The van der Waals surface area contributed by atoms with Crippen molar-refractivity contribution in [2.24, 2.45) is 0 Å². The van der Waals surface area contributed by atoms with Crippen molar-refractivity contribution >= 4 is 20.8 Å². The smallest absolute Gasteiger partial charge is 0.241 e. The van der Waals surface area contributed by atoms with Gasteiger partial charge in [0, 0.05) is 31.1 Å². The molecule has 0 spiro atoms. The van der Waals surface area contributed by atoms with Gasteiger partial charge in [0.1, 0.15) is 0 Å². The molecule has 0 radical (unpaired) electrons. The number of rotatable bonds is 6. The van der Waals surface area contributed by atoms with E-state index in [0.717, 1.165) is 29.4 Å². The van der Waals surface area contributed by atoms with Gasteiger partial charge in [-0.25, -0.2) is 13.1 Å². The molecule has 29 heavy (non-hydrogen) atoms. The highest BCUT2D eigenvalue weighted by Gasteiger charge is 2.25. The largest absolute Gasteiger partial charge is 0.379 e. The summed E-state index contributed by atoms with van der Waals surface area (Å²) < 4.78 is 34.7. The van der Waals surface area contributed by atoms with E-state index in [1.807, 2.05) is 30.3 Å². The van der Waals surface area contributed by atoms with Crippen LogP contribution in [-0.4, -0.2) is 46.2 Å². The van der Waals surface area contributed by atoms with Crippen LogP contribution >= 0.6 is 0 Å². The molecule has 3 aromatic rings. The second-order valence-electron chi connectivity index (χ2n) is 7.40. The fourth-order valence-electron chi connectivity index (χ4n) is 3.83. The summed E-state index contributed by atoms with van der Waals surface area (Å²) in [7, 11) is -3.64. The Morgan fingerprint density at radius 2 is 1.66 bits per heavy atom. The molecule has 1 aliphatic rings. The summed E-state index contributed by atoms with van der Waals surface area (Å²) in [6.07, 6.45) is 0. The molecule has 152 valence electrons. The third kappa shape index (κ3) is 4.51. The second kappa shape index (κ2) is 8.63. The van der Waals surface area contributed by atoms with E-state index in [-0.39, 0.29) is 6.04 Å². The van der Waals surface area contributed by atoms with Crippen LogP contribution < -0.4 is 4.72 Å². The van der Waals surface area contributed by atoms with Gasteiger partial charge in [0.15, 0.2) is 0 Å². The van der Waals surface area contributed by atoms with Gasteiger partial charge in [0.05, 0.1) is 18.1 Å². The predicted molar refractivity (Wildman–Crippen MR) is 115 cm³/mol. The first-order valence-electron chi connectivity index (χ1n) is 9.90. The van der Waals surface area contributed by atoms with Gasteiger partial charge in [-0.2, -0.15) is 0 Å². The average molecular weight is 411 g/mol. The summed E-state index contributed by atoms with van der Waals surface area (Å²) in [5.41, 5.74) is 2.30. The molecule has 1 heterocycles. The lowest BCUT2D eigenvalue weighted by Gasteiger charge is -2.35. The summed E-state index contributed by atoms with van der Waals surface area (Å²) in [6, 6.07) is 21.2. The number of benzene rings is 3. The van der Waals surface area contributed by atoms with E-state index < -0.39 is 10.0 Å². The number of hydrogen-bond acceptors (Lipinski definition) is 4. The monoisotopic (exact) mass is 410 g/mol. The van der Waals surface area contributed by atoms with Crippen LogP contribution in [0.3, 0.4) is 0 Å². The summed E-state index contributed by atoms with van der Waals surface area (Å²) in [5.74, 6) is 0. The molecule has 1 saturated heterocycles. The Morgan fingerprint density at radius 3 is 2.41 bits per heavy atom. The second-order valence-corrected chi connectivity index (χ2v) is 9.14. The van der Waals surface area contributed by atoms with Crippen molar-refractivity contribution in [3.05, 3.63) is 77.9 Å². The SMILES string of the molecule is Cc1ccc(C(CNS(=O)(=O)c2cccc3ccccc23)N2CCOCC2)cc1. The Hall–Kier alpha value is -2.25. The van der Waals surface area contributed by atoms with Crippen LogP contribution in [-0.2, 0) is 14.8 Å². The maximum atomic E-state index is 13.2. The molecule has 1 aliphatic heterocycles. The van der Waals surface area contributed by atoms with E-state index in [9.17, 15) is 8.42 Å². The first-order valence-corrected chi connectivity index (χ1v) is 11.4. The zero-order valence-electron chi connectivity index (χ0n) is 16.5. The average Bonchev–Trinajstić information content (AvgIpc) is 2.75. The van der Waals surface area contributed by atoms with E-state index in [0.29, 0.717) is 24.7 Å². The molecular formula is C23H26N2O3S. The molecule has 5 nitrogen and oxygen atoms in total. The van der Waals surface area contributed by atoms with Crippen LogP contribution in [0, 0.1) is 6.92 Å². The van der Waals surface area contributed by atoms with Gasteiger partial charge in [0.2, 0.25) is 10.0 Å². The minimum atomic E-state index is -3.64. The van der Waals surface area contributed by atoms with E-state index in [1.54, 1.807) is 12.1 Å². The number of fused-ring (bicyclic) bond motifs is 1. The maximum absolute atomic E-state index is 13.2. The number of sulfonamides is 1. The van der Waals surface area contributed by atoms with Crippen LogP contribution in [0.1, 0.15) is 17.2 Å². The number of aryl methyl sites for hydroxylation is 1. The molecule has 1 atom stereocenters. The van der Waals surface area contributed by atoms with Gasteiger partial charge >= 0.3 is 0 Å². The molecule has 0 amide bonds.